The Kier molecular flexibility index (Phi) is 5.20. The molecule has 0 aromatic carbocycles. The van der Waals surface area contributed by atoms with Crippen LogP contribution in [0, 0.1) is 0 Å². The standard InChI is InChI=1S/C16H26N2O/c1-3-16(19)15-11-10-14(12-17-15)18(4-2)13-8-6-5-7-9-13/h10-13,16,19H,3-9H2,1-2H3/t16-/m1/s1. The molecule has 2 rings (SSSR count). The summed E-state index contributed by atoms with van der Waals surface area (Å²) in [7, 11) is 0. The predicted octanol–water partition coefficient (Wildman–Crippen LogP) is 3.68. The minimum Gasteiger partial charge on any atom is -0.387 e. The fraction of sp³-hybridized carbons (Fsp3) is 0.688. The van der Waals surface area contributed by atoms with Gasteiger partial charge in [0, 0.05) is 12.6 Å². The summed E-state index contributed by atoms with van der Waals surface area (Å²) >= 11 is 0. The highest BCUT2D eigenvalue weighted by Crippen LogP contribution is 2.27. The Morgan fingerprint density at radius 3 is 2.53 bits per heavy atom. The number of rotatable bonds is 5. The maximum atomic E-state index is 9.79. The van der Waals surface area contributed by atoms with Gasteiger partial charge in [-0.05, 0) is 38.3 Å². The molecule has 0 unspecified atom stereocenters. The lowest BCUT2D eigenvalue weighted by Crippen LogP contribution is -2.36. The number of anilines is 1. The Balaban J connectivity index is 2.09. The molecular formula is C16H26N2O. The lowest BCUT2D eigenvalue weighted by atomic mass is 9.94. The van der Waals surface area contributed by atoms with E-state index in [2.05, 4.69) is 22.9 Å². The van der Waals surface area contributed by atoms with Gasteiger partial charge in [-0.15, -0.1) is 0 Å². The second-order valence-electron chi connectivity index (χ2n) is 5.44. The summed E-state index contributed by atoms with van der Waals surface area (Å²) in [6.07, 6.45) is 8.88. The number of aliphatic hydroxyl groups is 1. The van der Waals surface area contributed by atoms with Crippen LogP contribution < -0.4 is 4.90 Å². The minimum absolute atomic E-state index is 0.432. The van der Waals surface area contributed by atoms with Gasteiger partial charge in [-0.2, -0.15) is 0 Å². The van der Waals surface area contributed by atoms with E-state index in [0.29, 0.717) is 12.5 Å². The first kappa shape index (κ1) is 14.3. The van der Waals surface area contributed by atoms with Gasteiger partial charge in [0.1, 0.15) is 0 Å². The molecule has 1 aromatic heterocycles. The third-order valence-corrected chi connectivity index (χ3v) is 4.19. The van der Waals surface area contributed by atoms with E-state index in [1.54, 1.807) is 0 Å². The molecule has 1 saturated carbocycles. The highest BCUT2D eigenvalue weighted by atomic mass is 16.3. The maximum Gasteiger partial charge on any atom is 0.0957 e. The molecule has 1 aromatic rings. The van der Waals surface area contributed by atoms with Crippen LogP contribution in [0.4, 0.5) is 5.69 Å². The molecule has 1 atom stereocenters. The largest absolute Gasteiger partial charge is 0.387 e. The van der Waals surface area contributed by atoms with Crippen LogP contribution in [0.15, 0.2) is 18.3 Å². The third-order valence-electron chi connectivity index (χ3n) is 4.19. The molecule has 0 bridgehead atoms. The van der Waals surface area contributed by atoms with Gasteiger partial charge in [-0.1, -0.05) is 26.2 Å². The smallest absolute Gasteiger partial charge is 0.0957 e. The number of aliphatic hydroxyl groups excluding tert-OH is 1. The summed E-state index contributed by atoms with van der Waals surface area (Å²) in [5.41, 5.74) is 1.98. The van der Waals surface area contributed by atoms with Crippen molar-refractivity contribution in [2.45, 2.75) is 64.5 Å². The first-order chi connectivity index (χ1) is 9.26. The molecule has 1 aliphatic carbocycles. The molecule has 0 saturated heterocycles. The Labute approximate surface area is 116 Å². The molecule has 1 aliphatic rings. The quantitative estimate of drug-likeness (QED) is 0.879. The van der Waals surface area contributed by atoms with Gasteiger partial charge in [0.25, 0.3) is 0 Å². The second-order valence-corrected chi connectivity index (χ2v) is 5.44. The van der Waals surface area contributed by atoms with E-state index >= 15 is 0 Å². The summed E-state index contributed by atoms with van der Waals surface area (Å²) in [4.78, 5) is 6.89. The van der Waals surface area contributed by atoms with Crippen molar-refractivity contribution in [1.82, 2.24) is 4.98 Å². The van der Waals surface area contributed by atoms with Crippen molar-refractivity contribution in [2.24, 2.45) is 0 Å². The second kappa shape index (κ2) is 6.90. The summed E-state index contributed by atoms with van der Waals surface area (Å²) in [6.45, 7) is 5.21. The summed E-state index contributed by atoms with van der Waals surface area (Å²) in [5.74, 6) is 0. The van der Waals surface area contributed by atoms with E-state index in [4.69, 9.17) is 0 Å². The van der Waals surface area contributed by atoms with Crippen molar-refractivity contribution >= 4 is 5.69 Å². The van der Waals surface area contributed by atoms with Crippen molar-refractivity contribution in [2.75, 3.05) is 11.4 Å². The normalized spacial score (nSPS) is 18.3. The number of hydrogen-bond acceptors (Lipinski definition) is 3. The van der Waals surface area contributed by atoms with Crippen molar-refractivity contribution in [1.29, 1.82) is 0 Å². The van der Waals surface area contributed by atoms with E-state index in [9.17, 15) is 5.11 Å². The topological polar surface area (TPSA) is 36.4 Å². The van der Waals surface area contributed by atoms with Crippen LogP contribution in [-0.4, -0.2) is 22.7 Å². The average molecular weight is 262 g/mol. The van der Waals surface area contributed by atoms with Crippen LogP contribution >= 0.6 is 0 Å². The molecule has 106 valence electrons. The molecule has 0 spiro atoms. The van der Waals surface area contributed by atoms with E-state index in [1.807, 2.05) is 19.2 Å². The molecular weight excluding hydrogens is 236 g/mol. The minimum atomic E-state index is -0.432. The zero-order valence-corrected chi connectivity index (χ0v) is 12.2. The maximum absolute atomic E-state index is 9.79. The zero-order valence-electron chi connectivity index (χ0n) is 12.2. The van der Waals surface area contributed by atoms with Crippen LogP contribution in [0.5, 0.6) is 0 Å². The van der Waals surface area contributed by atoms with Crippen molar-refractivity contribution in [3.63, 3.8) is 0 Å². The summed E-state index contributed by atoms with van der Waals surface area (Å²) < 4.78 is 0. The molecule has 0 aliphatic heterocycles. The van der Waals surface area contributed by atoms with Crippen molar-refractivity contribution in [3.8, 4) is 0 Å². The SMILES string of the molecule is CC[C@@H](O)c1ccc(N(CC)C2CCCCC2)cn1. The van der Waals surface area contributed by atoms with Crippen molar-refractivity contribution in [3.05, 3.63) is 24.0 Å². The van der Waals surface area contributed by atoms with Crippen molar-refractivity contribution < 1.29 is 5.11 Å². The number of pyridine rings is 1. The Morgan fingerprint density at radius 2 is 2.00 bits per heavy atom. The molecule has 1 heterocycles. The van der Waals surface area contributed by atoms with Gasteiger partial charge in [0.15, 0.2) is 0 Å². The molecule has 0 radical (unpaired) electrons. The molecule has 19 heavy (non-hydrogen) atoms. The predicted molar refractivity (Wildman–Crippen MR) is 79.4 cm³/mol. The number of hydrogen-bond donors (Lipinski definition) is 1. The Morgan fingerprint density at radius 1 is 1.26 bits per heavy atom. The number of nitrogens with zero attached hydrogens (tertiary/aromatic N) is 2. The first-order valence-electron chi connectivity index (χ1n) is 7.67. The highest BCUT2D eigenvalue weighted by molar-refractivity contribution is 5.45. The van der Waals surface area contributed by atoms with Crippen LogP contribution in [0.3, 0.4) is 0 Å². The zero-order chi connectivity index (χ0) is 13.7. The first-order valence-corrected chi connectivity index (χ1v) is 7.67. The summed E-state index contributed by atoms with van der Waals surface area (Å²) in [5, 5.41) is 9.79. The van der Waals surface area contributed by atoms with E-state index in [1.165, 1.54) is 37.8 Å². The molecule has 3 heteroatoms. The molecule has 1 N–H and O–H groups in total. The van der Waals surface area contributed by atoms with Crippen LogP contribution in [0.2, 0.25) is 0 Å². The van der Waals surface area contributed by atoms with Gasteiger partial charge >= 0.3 is 0 Å². The van der Waals surface area contributed by atoms with Gasteiger partial charge in [0.2, 0.25) is 0 Å². The monoisotopic (exact) mass is 262 g/mol. The fourth-order valence-electron chi connectivity index (χ4n) is 3.02. The van der Waals surface area contributed by atoms with Crippen LogP contribution in [0.25, 0.3) is 0 Å². The Hall–Kier alpha value is -1.09. The van der Waals surface area contributed by atoms with Gasteiger partial charge in [-0.3, -0.25) is 4.98 Å². The lowest BCUT2D eigenvalue weighted by Gasteiger charge is -2.35. The van der Waals surface area contributed by atoms with E-state index in [-0.39, 0.29) is 0 Å². The van der Waals surface area contributed by atoms with E-state index < -0.39 is 6.10 Å². The lowest BCUT2D eigenvalue weighted by molar-refractivity contribution is 0.169. The molecule has 0 amide bonds. The summed E-state index contributed by atoms with van der Waals surface area (Å²) in [6, 6.07) is 4.75. The van der Waals surface area contributed by atoms with Gasteiger partial charge < -0.3 is 10.0 Å². The third kappa shape index (κ3) is 3.47. The molecule has 1 fully saturated rings. The van der Waals surface area contributed by atoms with E-state index in [0.717, 1.165) is 12.2 Å². The molecule has 3 nitrogen and oxygen atoms in total. The Bertz CT molecular complexity index is 371. The van der Waals surface area contributed by atoms with Crippen LogP contribution in [-0.2, 0) is 0 Å². The fourth-order valence-corrected chi connectivity index (χ4v) is 3.02. The van der Waals surface area contributed by atoms with Gasteiger partial charge in [0.05, 0.1) is 23.7 Å². The van der Waals surface area contributed by atoms with Crippen LogP contribution in [0.1, 0.15) is 64.2 Å². The average Bonchev–Trinajstić information content (AvgIpc) is 2.49. The van der Waals surface area contributed by atoms with Gasteiger partial charge in [-0.25, -0.2) is 0 Å². The number of aromatic nitrogens is 1. The highest BCUT2D eigenvalue weighted by Gasteiger charge is 2.20.